The molecule has 3 aromatic rings. The number of rotatable bonds is 6. The van der Waals surface area contributed by atoms with Crippen molar-refractivity contribution in [1.29, 1.82) is 0 Å². The highest BCUT2D eigenvalue weighted by atomic mass is 35.5. The van der Waals surface area contributed by atoms with E-state index in [1.54, 1.807) is 30.5 Å². The number of phenols is 1. The second-order valence-corrected chi connectivity index (χ2v) is 7.61. The molecular weight excluding hydrogens is 397 g/mol. The highest BCUT2D eigenvalue weighted by Crippen LogP contribution is 2.37. The van der Waals surface area contributed by atoms with Crippen LogP contribution in [0.3, 0.4) is 0 Å². The summed E-state index contributed by atoms with van der Waals surface area (Å²) >= 11 is 12.8. The Bertz CT molecular complexity index is 1020. The van der Waals surface area contributed by atoms with Crippen LogP contribution in [0, 0.1) is 0 Å². The summed E-state index contributed by atoms with van der Waals surface area (Å²) < 4.78 is 0. The standard InChI is InChI=1S/C21H21Cl2N3O2/c1-26(2)8-4-7-25-21(28)16-12-17(22)15(11-18(16)23)14-9-13-5-3-6-24-20(13)19(27)10-14/h3,5-6,9-12,27H,4,7-8H2,1-2H3,(H,25,28). The molecule has 0 spiro atoms. The van der Waals surface area contributed by atoms with Gasteiger partial charge in [-0.3, -0.25) is 9.78 Å². The maximum Gasteiger partial charge on any atom is 0.252 e. The molecule has 146 valence electrons. The van der Waals surface area contributed by atoms with Crippen LogP contribution in [0.4, 0.5) is 0 Å². The third kappa shape index (κ3) is 4.55. The minimum Gasteiger partial charge on any atom is -0.506 e. The number of aromatic nitrogens is 1. The summed E-state index contributed by atoms with van der Waals surface area (Å²) in [5.74, 6) is -0.203. The minimum atomic E-state index is -0.261. The van der Waals surface area contributed by atoms with E-state index in [2.05, 4.69) is 15.2 Å². The van der Waals surface area contributed by atoms with Crippen molar-refractivity contribution >= 4 is 40.0 Å². The van der Waals surface area contributed by atoms with Gasteiger partial charge in [0.2, 0.25) is 0 Å². The molecular formula is C21H21Cl2N3O2. The Morgan fingerprint density at radius 2 is 1.96 bits per heavy atom. The number of carbonyl (C=O) groups excluding carboxylic acids is 1. The molecule has 1 heterocycles. The van der Waals surface area contributed by atoms with Crippen LogP contribution in [0.15, 0.2) is 42.6 Å². The smallest absolute Gasteiger partial charge is 0.252 e. The van der Waals surface area contributed by atoms with Crippen molar-refractivity contribution in [3.63, 3.8) is 0 Å². The number of halogens is 2. The molecule has 0 aliphatic rings. The number of pyridine rings is 1. The Labute approximate surface area is 173 Å². The van der Waals surface area contributed by atoms with E-state index < -0.39 is 0 Å². The largest absolute Gasteiger partial charge is 0.506 e. The first kappa shape index (κ1) is 20.4. The van der Waals surface area contributed by atoms with Crippen LogP contribution in [0.1, 0.15) is 16.8 Å². The molecule has 0 radical (unpaired) electrons. The van der Waals surface area contributed by atoms with Gasteiger partial charge in [0.15, 0.2) is 0 Å². The zero-order valence-corrected chi connectivity index (χ0v) is 17.2. The molecule has 0 aliphatic carbocycles. The summed E-state index contributed by atoms with van der Waals surface area (Å²) in [4.78, 5) is 18.7. The maximum atomic E-state index is 12.4. The Balaban J connectivity index is 1.87. The highest BCUT2D eigenvalue weighted by Gasteiger charge is 2.16. The molecule has 3 rings (SSSR count). The van der Waals surface area contributed by atoms with Crippen LogP contribution in [0.25, 0.3) is 22.0 Å². The molecule has 0 aliphatic heterocycles. The molecule has 1 aromatic heterocycles. The average Bonchev–Trinajstić information content (AvgIpc) is 2.66. The number of nitrogens with zero attached hydrogens (tertiary/aromatic N) is 2. The monoisotopic (exact) mass is 417 g/mol. The van der Waals surface area contributed by atoms with Crippen molar-refractivity contribution < 1.29 is 9.90 Å². The van der Waals surface area contributed by atoms with E-state index in [-0.39, 0.29) is 11.7 Å². The zero-order valence-electron chi connectivity index (χ0n) is 15.7. The van der Waals surface area contributed by atoms with Gasteiger partial charge in [0.1, 0.15) is 11.3 Å². The first-order chi connectivity index (χ1) is 13.4. The van der Waals surface area contributed by atoms with Crippen molar-refractivity contribution in [2.24, 2.45) is 0 Å². The Morgan fingerprint density at radius 3 is 2.71 bits per heavy atom. The summed E-state index contributed by atoms with van der Waals surface area (Å²) in [7, 11) is 3.97. The van der Waals surface area contributed by atoms with E-state index in [1.807, 2.05) is 26.2 Å². The third-order valence-corrected chi connectivity index (χ3v) is 4.99. The number of hydrogen-bond donors (Lipinski definition) is 2. The lowest BCUT2D eigenvalue weighted by molar-refractivity contribution is 0.0952. The summed E-state index contributed by atoms with van der Waals surface area (Å²) in [6.45, 7) is 1.44. The second kappa shape index (κ2) is 8.78. The van der Waals surface area contributed by atoms with Crippen molar-refractivity contribution in [2.45, 2.75) is 6.42 Å². The third-order valence-electron chi connectivity index (χ3n) is 4.36. The lowest BCUT2D eigenvalue weighted by Gasteiger charge is -2.13. The Morgan fingerprint density at radius 1 is 1.18 bits per heavy atom. The van der Waals surface area contributed by atoms with Gasteiger partial charge in [0.25, 0.3) is 5.91 Å². The highest BCUT2D eigenvalue weighted by molar-refractivity contribution is 6.37. The van der Waals surface area contributed by atoms with Crippen LogP contribution < -0.4 is 5.32 Å². The fraction of sp³-hybridized carbons (Fsp3) is 0.238. The van der Waals surface area contributed by atoms with Crippen LogP contribution in [-0.4, -0.2) is 48.1 Å². The zero-order chi connectivity index (χ0) is 20.3. The Kier molecular flexibility index (Phi) is 6.39. The van der Waals surface area contributed by atoms with Gasteiger partial charge in [-0.15, -0.1) is 0 Å². The molecule has 0 saturated heterocycles. The number of nitrogens with one attached hydrogen (secondary N) is 1. The number of carbonyl (C=O) groups is 1. The SMILES string of the molecule is CN(C)CCCNC(=O)c1cc(Cl)c(-c2cc(O)c3ncccc3c2)cc1Cl. The van der Waals surface area contributed by atoms with E-state index in [0.29, 0.717) is 38.8 Å². The molecule has 5 nitrogen and oxygen atoms in total. The normalized spacial score (nSPS) is 11.2. The molecule has 0 atom stereocenters. The van der Waals surface area contributed by atoms with Gasteiger partial charge in [0.05, 0.1) is 10.6 Å². The van der Waals surface area contributed by atoms with Gasteiger partial charge in [-0.1, -0.05) is 29.3 Å². The quantitative estimate of drug-likeness (QED) is 0.575. The van der Waals surface area contributed by atoms with Crippen molar-refractivity contribution in [2.75, 3.05) is 27.2 Å². The predicted molar refractivity (Wildman–Crippen MR) is 114 cm³/mol. The lowest BCUT2D eigenvalue weighted by atomic mass is 10.0. The molecule has 7 heteroatoms. The van der Waals surface area contributed by atoms with Gasteiger partial charge in [-0.25, -0.2) is 0 Å². The van der Waals surface area contributed by atoms with Crippen molar-refractivity contribution in [3.05, 3.63) is 58.2 Å². The summed E-state index contributed by atoms with van der Waals surface area (Å²) in [5, 5.41) is 14.6. The van der Waals surface area contributed by atoms with E-state index in [9.17, 15) is 9.90 Å². The van der Waals surface area contributed by atoms with E-state index in [0.717, 1.165) is 18.4 Å². The van der Waals surface area contributed by atoms with Gasteiger partial charge in [-0.2, -0.15) is 0 Å². The minimum absolute atomic E-state index is 0.0583. The first-order valence-corrected chi connectivity index (χ1v) is 9.62. The lowest BCUT2D eigenvalue weighted by Crippen LogP contribution is -2.27. The van der Waals surface area contributed by atoms with Gasteiger partial charge in [-0.05, 0) is 63.0 Å². The second-order valence-electron chi connectivity index (χ2n) is 6.80. The number of amides is 1. The van der Waals surface area contributed by atoms with Crippen molar-refractivity contribution in [3.8, 4) is 16.9 Å². The first-order valence-electron chi connectivity index (χ1n) is 8.87. The number of fused-ring (bicyclic) bond motifs is 1. The van der Waals surface area contributed by atoms with E-state index in [4.69, 9.17) is 23.2 Å². The predicted octanol–water partition coefficient (Wildman–Crippen LogP) is 4.60. The Hall–Kier alpha value is -2.34. The molecule has 0 fully saturated rings. The topological polar surface area (TPSA) is 65.5 Å². The van der Waals surface area contributed by atoms with Crippen LogP contribution >= 0.6 is 23.2 Å². The van der Waals surface area contributed by atoms with Gasteiger partial charge < -0.3 is 15.3 Å². The van der Waals surface area contributed by atoms with Gasteiger partial charge >= 0.3 is 0 Å². The van der Waals surface area contributed by atoms with E-state index >= 15 is 0 Å². The number of hydrogen-bond acceptors (Lipinski definition) is 4. The maximum absolute atomic E-state index is 12.4. The van der Waals surface area contributed by atoms with Crippen LogP contribution in [0.2, 0.25) is 10.0 Å². The fourth-order valence-electron chi connectivity index (χ4n) is 2.96. The molecule has 2 aromatic carbocycles. The molecule has 0 unspecified atom stereocenters. The van der Waals surface area contributed by atoms with Crippen LogP contribution in [-0.2, 0) is 0 Å². The molecule has 0 saturated carbocycles. The van der Waals surface area contributed by atoms with Gasteiger partial charge in [0, 0.05) is 28.7 Å². The fourth-order valence-corrected chi connectivity index (χ4v) is 3.49. The van der Waals surface area contributed by atoms with E-state index in [1.165, 1.54) is 0 Å². The average molecular weight is 418 g/mol. The molecule has 1 amide bonds. The summed E-state index contributed by atoms with van der Waals surface area (Å²) in [5.41, 5.74) is 2.17. The number of benzene rings is 2. The molecule has 2 N–H and O–H groups in total. The molecule has 28 heavy (non-hydrogen) atoms. The summed E-state index contributed by atoms with van der Waals surface area (Å²) in [6, 6.07) is 10.3. The number of phenolic OH excluding ortho intramolecular Hbond substituents is 1. The summed E-state index contributed by atoms with van der Waals surface area (Å²) in [6.07, 6.45) is 2.46. The molecule has 0 bridgehead atoms. The van der Waals surface area contributed by atoms with Crippen LogP contribution in [0.5, 0.6) is 5.75 Å². The number of aromatic hydroxyl groups is 1. The van der Waals surface area contributed by atoms with Crippen molar-refractivity contribution in [1.82, 2.24) is 15.2 Å².